The summed E-state index contributed by atoms with van der Waals surface area (Å²) in [4.78, 5) is 12.0. The van der Waals surface area contributed by atoms with Crippen LogP contribution in [0.1, 0.15) is 44.7 Å². The number of carbonyl (C=O) groups is 1. The Labute approximate surface area is 152 Å². The van der Waals surface area contributed by atoms with Crippen molar-refractivity contribution in [2.45, 2.75) is 51.8 Å². The molecule has 26 heavy (non-hydrogen) atoms. The van der Waals surface area contributed by atoms with Gasteiger partial charge < -0.3 is 15.4 Å². The number of ether oxygens (including phenoxy) is 1. The van der Waals surface area contributed by atoms with Gasteiger partial charge in [0.15, 0.2) is 0 Å². The second-order valence-electron chi connectivity index (χ2n) is 7.94. The van der Waals surface area contributed by atoms with E-state index in [0.717, 1.165) is 6.07 Å². The van der Waals surface area contributed by atoms with Crippen LogP contribution in [0.15, 0.2) is 24.3 Å². The van der Waals surface area contributed by atoms with Gasteiger partial charge in [0.25, 0.3) is 0 Å². The van der Waals surface area contributed by atoms with Gasteiger partial charge in [-0.1, -0.05) is 18.2 Å². The van der Waals surface area contributed by atoms with E-state index in [1.54, 1.807) is 26.8 Å². The monoisotopic (exact) mass is 372 g/mol. The van der Waals surface area contributed by atoms with E-state index in [9.17, 15) is 18.0 Å². The number of rotatable bonds is 4. The van der Waals surface area contributed by atoms with E-state index >= 15 is 0 Å². The van der Waals surface area contributed by atoms with E-state index < -0.39 is 28.8 Å². The summed E-state index contributed by atoms with van der Waals surface area (Å²) in [5, 5.41) is 5.99. The third kappa shape index (κ3) is 5.90. The molecule has 1 heterocycles. The summed E-state index contributed by atoms with van der Waals surface area (Å²) < 4.78 is 45.2. The maximum atomic E-state index is 13.3. The smallest absolute Gasteiger partial charge is 0.416 e. The second kappa shape index (κ2) is 7.86. The molecule has 2 N–H and O–H groups in total. The highest BCUT2D eigenvalue weighted by molar-refractivity contribution is 5.67. The Morgan fingerprint density at radius 3 is 2.38 bits per heavy atom. The fraction of sp³-hybridized carbons (Fsp3) is 0.632. The van der Waals surface area contributed by atoms with Gasteiger partial charge in [0.1, 0.15) is 5.60 Å². The SMILES string of the molecule is CC(C)(C)OC(=O)NCC1(Cc2ccccc2C(F)(F)F)CCNCC1. The zero-order valence-corrected chi connectivity index (χ0v) is 15.5. The average molecular weight is 372 g/mol. The zero-order valence-electron chi connectivity index (χ0n) is 15.5. The molecule has 0 saturated carbocycles. The molecule has 146 valence electrons. The van der Waals surface area contributed by atoms with Crippen molar-refractivity contribution in [3.8, 4) is 0 Å². The highest BCUT2D eigenvalue weighted by Gasteiger charge is 2.38. The van der Waals surface area contributed by atoms with Crippen LogP contribution in [-0.4, -0.2) is 31.3 Å². The molecule has 1 fully saturated rings. The lowest BCUT2D eigenvalue weighted by Gasteiger charge is -2.38. The Balaban J connectivity index is 2.16. The number of amides is 1. The van der Waals surface area contributed by atoms with E-state index in [1.165, 1.54) is 12.1 Å². The van der Waals surface area contributed by atoms with Crippen molar-refractivity contribution in [1.29, 1.82) is 0 Å². The number of alkyl halides is 3. The lowest BCUT2D eigenvalue weighted by atomic mass is 9.73. The van der Waals surface area contributed by atoms with Crippen LogP contribution >= 0.6 is 0 Å². The number of halogens is 3. The normalized spacial score (nSPS) is 17.6. The molecule has 0 aliphatic carbocycles. The van der Waals surface area contributed by atoms with E-state index in [1.807, 2.05) is 0 Å². The van der Waals surface area contributed by atoms with Gasteiger partial charge in [0.05, 0.1) is 5.56 Å². The predicted octanol–water partition coefficient (Wildman–Crippen LogP) is 4.14. The Morgan fingerprint density at radius 2 is 1.81 bits per heavy atom. The third-order valence-electron chi connectivity index (χ3n) is 4.56. The first-order chi connectivity index (χ1) is 12.0. The van der Waals surface area contributed by atoms with Gasteiger partial charge >= 0.3 is 12.3 Å². The molecule has 7 heteroatoms. The highest BCUT2D eigenvalue weighted by Crippen LogP contribution is 2.38. The van der Waals surface area contributed by atoms with Crippen LogP contribution in [0.25, 0.3) is 0 Å². The number of carbonyl (C=O) groups excluding carboxylic acids is 1. The summed E-state index contributed by atoms with van der Waals surface area (Å²) in [6.45, 7) is 7.02. The molecule has 1 aliphatic heterocycles. The van der Waals surface area contributed by atoms with E-state index in [4.69, 9.17) is 4.74 Å². The molecule has 1 saturated heterocycles. The molecular weight excluding hydrogens is 345 g/mol. The zero-order chi connectivity index (χ0) is 19.4. The largest absolute Gasteiger partial charge is 0.444 e. The van der Waals surface area contributed by atoms with Crippen LogP contribution in [0, 0.1) is 5.41 Å². The summed E-state index contributed by atoms with van der Waals surface area (Å²) in [6.07, 6.45) is -3.28. The van der Waals surface area contributed by atoms with Crippen molar-refractivity contribution in [2.24, 2.45) is 5.41 Å². The van der Waals surface area contributed by atoms with Gasteiger partial charge in [-0.2, -0.15) is 13.2 Å². The molecular formula is C19H27F3N2O2. The topological polar surface area (TPSA) is 50.4 Å². The first kappa shape index (κ1) is 20.6. The van der Waals surface area contributed by atoms with Crippen LogP contribution in [0.2, 0.25) is 0 Å². The maximum Gasteiger partial charge on any atom is 0.416 e. The molecule has 1 aromatic rings. The third-order valence-corrected chi connectivity index (χ3v) is 4.56. The van der Waals surface area contributed by atoms with Crippen LogP contribution in [0.5, 0.6) is 0 Å². The molecule has 0 aromatic heterocycles. The molecule has 2 rings (SSSR count). The lowest BCUT2D eigenvalue weighted by Crippen LogP contribution is -2.47. The van der Waals surface area contributed by atoms with E-state index in [-0.39, 0.29) is 18.5 Å². The first-order valence-electron chi connectivity index (χ1n) is 8.84. The second-order valence-corrected chi connectivity index (χ2v) is 7.94. The predicted molar refractivity (Wildman–Crippen MR) is 93.9 cm³/mol. The Bertz CT molecular complexity index is 618. The molecule has 1 aliphatic rings. The summed E-state index contributed by atoms with van der Waals surface area (Å²) in [5.41, 5.74) is -1.37. The number of nitrogens with one attached hydrogen (secondary N) is 2. The van der Waals surface area contributed by atoms with Crippen LogP contribution in [0.3, 0.4) is 0 Å². The standard InChI is InChI=1S/C19H27F3N2O2/c1-17(2,3)26-16(25)24-13-18(8-10-23-11-9-18)12-14-6-4-5-7-15(14)19(20,21)22/h4-7,23H,8-13H2,1-3H3,(H,24,25). The quantitative estimate of drug-likeness (QED) is 0.835. The number of piperidine rings is 1. The van der Waals surface area contributed by atoms with Gasteiger partial charge in [0, 0.05) is 6.54 Å². The van der Waals surface area contributed by atoms with Crippen LogP contribution < -0.4 is 10.6 Å². The van der Waals surface area contributed by atoms with Gasteiger partial charge in [-0.3, -0.25) is 0 Å². The summed E-state index contributed by atoms with van der Waals surface area (Å²) >= 11 is 0. The average Bonchev–Trinajstić information content (AvgIpc) is 2.52. The molecule has 0 atom stereocenters. The van der Waals surface area contributed by atoms with Gasteiger partial charge in [-0.25, -0.2) is 4.79 Å². The minimum atomic E-state index is -4.39. The summed E-state index contributed by atoms with van der Waals surface area (Å²) in [7, 11) is 0. The molecule has 0 bridgehead atoms. The first-order valence-corrected chi connectivity index (χ1v) is 8.84. The van der Waals surface area contributed by atoms with Crippen molar-refractivity contribution in [2.75, 3.05) is 19.6 Å². The Kier molecular flexibility index (Phi) is 6.21. The van der Waals surface area contributed by atoms with Crippen molar-refractivity contribution in [1.82, 2.24) is 10.6 Å². The lowest BCUT2D eigenvalue weighted by molar-refractivity contribution is -0.138. The minimum Gasteiger partial charge on any atom is -0.444 e. The summed E-state index contributed by atoms with van der Waals surface area (Å²) in [6, 6.07) is 5.67. The fourth-order valence-electron chi connectivity index (χ4n) is 3.30. The molecule has 1 aromatic carbocycles. The number of alkyl carbamates (subject to hydrolysis) is 1. The van der Waals surface area contributed by atoms with Crippen molar-refractivity contribution in [3.05, 3.63) is 35.4 Å². The Hall–Kier alpha value is -1.76. The molecule has 4 nitrogen and oxygen atoms in total. The maximum absolute atomic E-state index is 13.3. The van der Waals surface area contributed by atoms with Gasteiger partial charge in [-0.05, 0) is 70.2 Å². The van der Waals surface area contributed by atoms with Crippen molar-refractivity contribution in [3.63, 3.8) is 0 Å². The van der Waals surface area contributed by atoms with Crippen LogP contribution in [0.4, 0.5) is 18.0 Å². The summed E-state index contributed by atoms with van der Waals surface area (Å²) in [5.74, 6) is 0. The fourth-order valence-corrected chi connectivity index (χ4v) is 3.30. The van der Waals surface area contributed by atoms with Gasteiger partial charge in [-0.15, -0.1) is 0 Å². The van der Waals surface area contributed by atoms with E-state index in [2.05, 4.69) is 10.6 Å². The number of hydrogen-bond donors (Lipinski definition) is 2. The number of hydrogen-bond acceptors (Lipinski definition) is 3. The molecule has 0 unspecified atom stereocenters. The number of benzene rings is 1. The van der Waals surface area contributed by atoms with Crippen molar-refractivity contribution < 1.29 is 22.7 Å². The molecule has 1 amide bonds. The Morgan fingerprint density at radius 1 is 1.19 bits per heavy atom. The van der Waals surface area contributed by atoms with Crippen LogP contribution in [-0.2, 0) is 17.3 Å². The minimum absolute atomic E-state index is 0.264. The van der Waals surface area contributed by atoms with Gasteiger partial charge in [0.2, 0.25) is 0 Å². The highest BCUT2D eigenvalue weighted by atomic mass is 19.4. The molecule has 0 spiro atoms. The van der Waals surface area contributed by atoms with E-state index in [0.29, 0.717) is 25.9 Å². The molecule has 0 radical (unpaired) electrons. The van der Waals surface area contributed by atoms with Crippen molar-refractivity contribution >= 4 is 6.09 Å².